The van der Waals surface area contributed by atoms with Crippen molar-refractivity contribution in [3.8, 4) is 0 Å². The summed E-state index contributed by atoms with van der Waals surface area (Å²) < 4.78 is 0. The van der Waals surface area contributed by atoms with Crippen LogP contribution in [-0.2, 0) is 0 Å². The summed E-state index contributed by atoms with van der Waals surface area (Å²) in [5, 5.41) is 3.41. The lowest BCUT2D eigenvalue weighted by Gasteiger charge is -2.17. The molecule has 1 aromatic carbocycles. The molecule has 1 aromatic rings. The fourth-order valence-electron chi connectivity index (χ4n) is 1.62. The van der Waals surface area contributed by atoms with E-state index in [0.717, 1.165) is 13.0 Å². The number of benzene rings is 1. The largest absolute Gasteiger partial charge is 0.385 e. The first-order valence-corrected chi connectivity index (χ1v) is 5.67. The second-order valence-electron chi connectivity index (χ2n) is 4.53. The van der Waals surface area contributed by atoms with Crippen LogP contribution in [0.1, 0.15) is 18.9 Å². The molecule has 1 N–H and O–H groups in total. The van der Waals surface area contributed by atoms with Crippen LogP contribution in [0.3, 0.4) is 0 Å². The summed E-state index contributed by atoms with van der Waals surface area (Å²) in [6.45, 7) is 9.04. The van der Waals surface area contributed by atoms with Crippen molar-refractivity contribution in [3.05, 3.63) is 35.9 Å². The number of aryl methyl sites for hydroxylation is 1. The van der Waals surface area contributed by atoms with Crippen LogP contribution in [0, 0.1) is 6.92 Å². The van der Waals surface area contributed by atoms with E-state index < -0.39 is 0 Å². The summed E-state index contributed by atoms with van der Waals surface area (Å²) >= 11 is 0. The maximum atomic E-state index is 3.90. The predicted octanol–water partition coefficient (Wildman–Crippen LogP) is 3.44. The van der Waals surface area contributed by atoms with Crippen LogP contribution < -0.4 is 10.2 Å². The average Bonchev–Trinajstić information content (AvgIpc) is 2.19. The lowest BCUT2D eigenvalue weighted by Crippen LogP contribution is -2.11. The van der Waals surface area contributed by atoms with Crippen molar-refractivity contribution >= 4 is 11.4 Å². The molecule has 0 aliphatic rings. The number of anilines is 2. The normalized spacial score (nSPS) is 10.0. The Morgan fingerprint density at radius 2 is 2.06 bits per heavy atom. The predicted molar refractivity (Wildman–Crippen MR) is 73.4 cm³/mol. The van der Waals surface area contributed by atoms with Crippen molar-refractivity contribution in [3.63, 3.8) is 0 Å². The number of hydrogen-bond donors (Lipinski definition) is 1. The molecule has 0 aromatic heterocycles. The van der Waals surface area contributed by atoms with Crippen LogP contribution >= 0.6 is 0 Å². The van der Waals surface area contributed by atoms with Gasteiger partial charge in [0.1, 0.15) is 0 Å². The van der Waals surface area contributed by atoms with Crippen LogP contribution in [0.25, 0.3) is 0 Å². The van der Waals surface area contributed by atoms with Gasteiger partial charge in [-0.15, -0.1) is 6.58 Å². The molecule has 0 atom stereocenters. The Morgan fingerprint density at radius 1 is 1.38 bits per heavy atom. The highest BCUT2D eigenvalue weighted by molar-refractivity contribution is 5.61. The van der Waals surface area contributed by atoms with Crippen LogP contribution in [0.15, 0.2) is 30.4 Å². The first-order valence-electron chi connectivity index (χ1n) is 5.67. The third-order valence-corrected chi connectivity index (χ3v) is 2.57. The molecule has 0 aliphatic heterocycles. The van der Waals surface area contributed by atoms with E-state index >= 15 is 0 Å². The van der Waals surface area contributed by atoms with Crippen molar-refractivity contribution in [2.45, 2.75) is 20.3 Å². The molecule has 0 bridgehead atoms. The number of nitrogens with zero attached hydrogens (tertiary/aromatic N) is 1. The van der Waals surface area contributed by atoms with E-state index in [1.165, 1.54) is 22.5 Å². The number of rotatable bonds is 5. The fourth-order valence-corrected chi connectivity index (χ4v) is 1.62. The molecule has 0 heterocycles. The van der Waals surface area contributed by atoms with Gasteiger partial charge in [-0.2, -0.15) is 0 Å². The number of nitrogens with one attached hydrogen (secondary N) is 1. The van der Waals surface area contributed by atoms with E-state index in [2.05, 4.69) is 62.9 Å². The molecule has 0 aliphatic carbocycles. The summed E-state index contributed by atoms with van der Waals surface area (Å²) in [6.07, 6.45) is 1.02. The Bertz CT molecular complexity index is 367. The first-order chi connectivity index (χ1) is 7.50. The summed E-state index contributed by atoms with van der Waals surface area (Å²) in [7, 11) is 4.14. The van der Waals surface area contributed by atoms with Gasteiger partial charge in [0.15, 0.2) is 0 Å². The van der Waals surface area contributed by atoms with Gasteiger partial charge in [-0.05, 0) is 38.0 Å². The highest BCUT2D eigenvalue weighted by Gasteiger charge is 2.01. The van der Waals surface area contributed by atoms with E-state index in [0.29, 0.717) is 0 Å². The molecular formula is C14H22N2. The van der Waals surface area contributed by atoms with Gasteiger partial charge in [-0.3, -0.25) is 0 Å². The molecule has 2 heteroatoms. The van der Waals surface area contributed by atoms with Gasteiger partial charge in [0, 0.05) is 32.0 Å². The molecule has 16 heavy (non-hydrogen) atoms. The topological polar surface area (TPSA) is 15.3 Å². The monoisotopic (exact) mass is 218 g/mol. The van der Waals surface area contributed by atoms with Crippen molar-refractivity contribution in [1.29, 1.82) is 0 Å². The average molecular weight is 218 g/mol. The van der Waals surface area contributed by atoms with Crippen molar-refractivity contribution < 1.29 is 0 Å². The van der Waals surface area contributed by atoms with E-state index in [-0.39, 0.29) is 0 Å². The van der Waals surface area contributed by atoms with E-state index in [4.69, 9.17) is 0 Å². The van der Waals surface area contributed by atoms with Gasteiger partial charge < -0.3 is 10.2 Å². The van der Waals surface area contributed by atoms with Crippen molar-refractivity contribution in [1.82, 2.24) is 0 Å². The standard InChI is InChI=1S/C14H22N2/c1-11(2)8-9-15-13-7-6-12(3)14(10-13)16(4)5/h6-7,10,15H,1,8-9H2,2-5H3. The van der Waals surface area contributed by atoms with Crippen LogP contribution in [-0.4, -0.2) is 20.6 Å². The van der Waals surface area contributed by atoms with Crippen LogP contribution in [0.2, 0.25) is 0 Å². The highest BCUT2D eigenvalue weighted by Crippen LogP contribution is 2.22. The van der Waals surface area contributed by atoms with Crippen molar-refractivity contribution in [2.24, 2.45) is 0 Å². The SMILES string of the molecule is C=C(C)CCNc1ccc(C)c(N(C)C)c1. The second kappa shape index (κ2) is 5.59. The summed E-state index contributed by atoms with van der Waals surface area (Å²) in [6, 6.07) is 6.47. The van der Waals surface area contributed by atoms with Gasteiger partial charge in [0.2, 0.25) is 0 Å². The van der Waals surface area contributed by atoms with Crippen molar-refractivity contribution in [2.75, 3.05) is 30.9 Å². The molecule has 0 radical (unpaired) electrons. The molecule has 0 spiro atoms. The first kappa shape index (κ1) is 12.6. The fraction of sp³-hybridized carbons (Fsp3) is 0.429. The summed E-state index contributed by atoms with van der Waals surface area (Å²) in [5.74, 6) is 0. The molecule has 0 amide bonds. The van der Waals surface area contributed by atoms with E-state index in [1.807, 2.05) is 0 Å². The molecule has 0 saturated carbocycles. The molecule has 1 rings (SSSR count). The molecular weight excluding hydrogens is 196 g/mol. The third-order valence-electron chi connectivity index (χ3n) is 2.57. The maximum Gasteiger partial charge on any atom is 0.0411 e. The van der Waals surface area contributed by atoms with E-state index in [1.54, 1.807) is 0 Å². The molecule has 88 valence electrons. The maximum absolute atomic E-state index is 3.90. The van der Waals surface area contributed by atoms with E-state index in [9.17, 15) is 0 Å². The van der Waals surface area contributed by atoms with Gasteiger partial charge in [-0.25, -0.2) is 0 Å². The minimum absolute atomic E-state index is 0.950. The van der Waals surface area contributed by atoms with Gasteiger partial charge in [-0.1, -0.05) is 11.6 Å². The van der Waals surface area contributed by atoms with Gasteiger partial charge >= 0.3 is 0 Å². The van der Waals surface area contributed by atoms with Crippen LogP contribution in [0.4, 0.5) is 11.4 Å². The Morgan fingerprint density at radius 3 is 2.62 bits per heavy atom. The summed E-state index contributed by atoms with van der Waals surface area (Å²) in [5.41, 5.74) is 4.96. The summed E-state index contributed by atoms with van der Waals surface area (Å²) in [4.78, 5) is 2.14. The Kier molecular flexibility index (Phi) is 4.41. The molecule has 0 fully saturated rings. The zero-order chi connectivity index (χ0) is 12.1. The lowest BCUT2D eigenvalue weighted by molar-refractivity contribution is 1.00. The Balaban J connectivity index is 2.67. The van der Waals surface area contributed by atoms with Gasteiger partial charge in [0.05, 0.1) is 0 Å². The highest BCUT2D eigenvalue weighted by atomic mass is 15.1. The van der Waals surface area contributed by atoms with Crippen LogP contribution in [0.5, 0.6) is 0 Å². The Hall–Kier alpha value is -1.44. The number of hydrogen-bond acceptors (Lipinski definition) is 2. The quantitative estimate of drug-likeness (QED) is 0.762. The Labute approximate surface area is 99.0 Å². The lowest BCUT2D eigenvalue weighted by atomic mass is 10.1. The zero-order valence-electron chi connectivity index (χ0n) is 10.8. The molecule has 0 unspecified atom stereocenters. The molecule has 0 saturated heterocycles. The third kappa shape index (κ3) is 3.61. The van der Waals surface area contributed by atoms with Gasteiger partial charge in [0.25, 0.3) is 0 Å². The zero-order valence-corrected chi connectivity index (χ0v) is 10.8. The second-order valence-corrected chi connectivity index (χ2v) is 4.53. The molecule has 2 nitrogen and oxygen atoms in total. The smallest absolute Gasteiger partial charge is 0.0411 e. The minimum Gasteiger partial charge on any atom is -0.385 e. The minimum atomic E-state index is 0.950.